The summed E-state index contributed by atoms with van der Waals surface area (Å²) in [5.74, 6) is -0.270. The first kappa shape index (κ1) is 24.7. The molecule has 7 nitrogen and oxygen atoms in total. The fourth-order valence-electron chi connectivity index (χ4n) is 2.48. The second kappa shape index (κ2) is 8.55. The van der Waals surface area contributed by atoms with Gasteiger partial charge in [0.25, 0.3) is 5.91 Å². The van der Waals surface area contributed by atoms with E-state index in [4.69, 9.17) is 9.16 Å². The smallest absolute Gasteiger partial charge is 0.410 e. The molecule has 1 rings (SSSR count). The molecule has 28 heavy (non-hydrogen) atoms. The molecule has 0 saturated carbocycles. The molecular weight excluding hydrogens is 376 g/mol. The van der Waals surface area contributed by atoms with Crippen molar-refractivity contribution in [1.82, 2.24) is 9.80 Å². The van der Waals surface area contributed by atoms with Crippen molar-refractivity contribution in [3.8, 4) is 0 Å². The first-order valence-electron chi connectivity index (χ1n) is 9.71. The summed E-state index contributed by atoms with van der Waals surface area (Å²) < 4.78 is 11.8. The summed E-state index contributed by atoms with van der Waals surface area (Å²) in [5, 5.41) is 10.5. The fourth-order valence-corrected chi connectivity index (χ4v) is 3.50. The fraction of sp³-hybridized carbons (Fsp3) is 0.800. The number of β-amino-alcohol motifs (C(OH)–C–C–N with tert-alkyl or cyclic N) is 1. The summed E-state index contributed by atoms with van der Waals surface area (Å²) in [6, 6.07) is -0.480. The number of ether oxygens (including phenoxy) is 1. The Morgan fingerprint density at radius 2 is 1.75 bits per heavy atom. The molecule has 0 bridgehead atoms. The van der Waals surface area contributed by atoms with Crippen molar-refractivity contribution in [3.63, 3.8) is 0 Å². The van der Waals surface area contributed by atoms with Crippen molar-refractivity contribution < 1.29 is 23.9 Å². The van der Waals surface area contributed by atoms with Gasteiger partial charge in [0, 0.05) is 19.7 Å². The largest absolute Gasteiger partial charge is 0.444 e. The SMILES string of the molecule is CN(C)C(=O)C1=C[C@H](CO[Si](C)(C)C(C)(C)C)N(C(=O)OC(C)(C)C)C[C@@H]1O. The zero-order chi connectivity index (χ0) is 22.1. The highest BCUT2D eigenvalue weighted by molar-refractivity contribution is 6.74. The molecule has 162 valence electrons. The number of nitrogens with zero attached hydrogens (tertiary/aromatic N) is 2. The number of aliphatic hydroxyl groups excluding tert-OH is 1. The van der Waals surface area contributed by atoms with E-state index >= 15 is 0 Å². The molecule has 1 N–H and O–H groups in total. The summed E-state index contributed by atoms with van der Waals surface area (Å²) in [5.41, 5.74) is -0.371. The molecule has 0 fully saturated rings. The first-order chi connectivity index (χ1) is 12.5. The molecule has 0 radical (unpaired) electrons. The summed E-state index contributed by atoms with van der Waals surface area (Å²) in [7, 11) is 1.22. The summed E-state index contributed by atoms with van der Waals surface area (Å²) in [6.45, 7) is 16.3. The van der Waals surface area contributed by atoms with E-state index in [1.54, 1.807) is 40.9 Å². The molecule has 8 heteroatoms. The van der Waals surface area contributed by atoms with E-state index in [2.05, 4.69) is 33.9 Å². The van der Waals surface area contributed by atoms with Crippen molar-refractivity contribution in [1.29, 1.82) is 0 Å². The molecule has 0 aromatic rings. The normalized spacial score (nSPS) is 21.2. The van der Waals surface area contributed by atoms with Crippen LogP contribution in [0.1, 0.15) is 41.5 Å². The van der Waals surface area contributed by atoms with Gasteiger partial charge in [-0.3, -0.25) is 9.69 Å². The van der Waals surface area contributed by atoms with Gasteiger partial charge < -0.3 is 19.2 Å². The highest BCUT2D eigenvalue weighted by atomic mass is 28.4. The molecule has 1 heterocycles. The first-order valence-corrected chi connectivity index (χ1v) is 12.6. The van der Waals surface area contributed by atoms with E-state index < -0.39 is 32.2 Å². The van der Waals surface area contributed by atoms with Crippen molar-refractivity contribution >= 4 is 20.3 Å². The van der Waals surface area contributed by atoms with Gasteiger partial charge in [0.2, 0.25) is 0 Å². The van der Waals surface area contributed by atoms with Gasteiger partial charge in [-0.25, -0.2) is 4.79 Å². The Morgan fingerprint density at radius 1 is 1.21 bits per heavy atom. The minimum atomic E-state index is -2.05. The second-order valence-corrected chi connectivity index (χ2v) is 14.9. The molecule has 0 aromatic heterocycles. The molecule has 1 aliphatic heterocycles. The van der Waals surface area contributed by atoms with Crippen molar-refractivity contribution in [3.05, 3.63) is 11.6 Å². The van der Waals surface area contributed by atoms with Crippen LogP contribution in [-0.2, 0) is 14.0 Å². The lowest BCUT2D eigenvalue weighted by molar-refractivity contribution is -0.126. The number of carbonyl (C=O) groups excluding carboxylic acids is 2. The highest BCUT2D eigenvalue weighted by Gasteiger charge is 2.41. The average Bonchev–Trinajstić information content (AvgIpc) is 2.49. The Labute approximate surface area is 170 Å². The van der Waals surface area contributed by atoms with Gasteiger partial charge in [-0.2, -0.15) is 0 Å². The van der Waals surface area contributed by atoms with E-state index in [0.29, 0.717) is 0 Å². The lowest BCUT2D eigenvalue weighted by Crippen LogP contribution is -2.54. The van der Waals surface area contributed by atoms with Crippen LogP contribution in [0.3, 0.4) is 0 Å². The molecule has 0 saturated heterocycles. The zero-order valence-corrected chi connectivity index (χ0v) is 20.1. The lowest BCUT2D eigenvalue weighted by Gasteiger charge is -2.41. The Balaban J connectivity index is 3.18. The van der Waals surface area contributed by atoms with E-state index in [0.717, 1.165) is 0 Å². The minimum Gasteiger partial charge on any atom is -0.444 e. The van der Waals surface area contributed by atoms with E-state index in [1.165, 1.54) is 9.80 Å². The van der Waals surface area contributed by atoms with Crippen LogP contribution in [0.2, 0.25) is 18.1 Å². The maximum absolute atomic E-state index is 12.7. The maximum atomic E-state index is 12.7. The van der Waals surface area contributed by atoms with Crippen LogP contribution < -0.4 is 0 Å². The lowest BCUT2D eigenvalue weighted by atomic mass is 9.99. The number of aliphatic hydroxyl groups is 1. The standard InChI is InChI=1S/C20H38N2O5Si/c1-19(2,3)27-18(25)22-12-16(23)15(17(24)21(7)8)11-14(22)13-26-28(9,10)20(4,5)6/h11,14,16,23H,12-13H2,1-10H3/t14-,16+/m1/s1. The molecular formula is C20H38N2O5Si. The molecule has 0 aromatic carbocycles. The maximum Gasteiger partial charge on any atom is 0.410 e. The third-order valence-corrected chi connectivity index (χ3v) is 9.70. The Bertz CT molecular complexity index is 617. The zero-order valence-electron chi connectivity index (χ0n) is 19.1. The van der Waals surface area contributed by atoms with E-state index in [1.807, 2.05) is 0 Å². The van der Waals surface area contributed by atoms with Crippen LogP contribution in [0.4, 0.5) is 4.79 Å². The molecule has 2 atom stereocenters. The van der Waals surface area contributed by atoms with Crippen molar-refractivity contribution in [2.45, 2.75) is 77.4 Å². The van der Waals surface area contributed by atoms with Gasteiger partial charge in [-0.15, -0.1) is 0 Å². The molecule has 0 aliphatic carbocycles. The highest BCUT2D eigenvalue weighted by Crippen LogP contribution is 2.37. The molecule has 0 spiro atoms. The number of hydrogen-bond donors (Lipinski definition) is 1. The average molecular weight is 415 g/mol. The number of likely N-dealkylation sites (N-methyl/N-ethyl adjacent to an activating group) is 1. The summed E-state index contributed by atoms with van der Waals surface area (Å²) in [6.07, 6.45) is 0.0580. The minimum absolute atomic E-state index is 0.00808. The second-order valence-electron chi connectivity index (χ2n) is 10.1. The third-order valence-electron chi connectivity index (χ3n) is 5.20. The Kier molecular flexibility index (Phi) is 7.53. The van der Waals surface area contributed by atoms with Gasteiger partial charge >= 0.3 is 6.09 Å². The Morgan fingerprint density at radius 3 is 2.18 bits per heavy atom. The monoisotopic (exact) mass is 414 g/mol. The van der Waals surface area contributed by atoms with Crippen LogP contribution in [0.5, 0.6) is 0 Å². The molecule has 2 amide bonds. The van der Waals surface area contributed by atoms with Crippen LogP contribution >= 0.6 is 0 Å². The van der Waals surface area contributed by atoms with Gasteiger partial charge in [0.05, 0.1) is 19.2 Å². The topological polar surface area (TPSA) is 79.3 Å². The summed E-state index contributed by atoms with van der Waals surface area (Å²) in [4.78, 5) is 28.1. The molecule has 0 unspecified atom stereocenters. The van der Waals surface area contributed by atoms with Crippen LogP contribution in [0.15, 0.2) is 11.6 Å². The number of rotatable bonds is 4. The van der Waals surface area contributed by atoms with Crippen molar-refractivity contribution in [2.75, 3.05) is 27.2 Å². The van der Waals surface area contributed by atoms with E-state index in [-0.39, 0.29) is 29.7 Å². The van der Waals surface area contributed by atoms with Gasteiger partial charge in [-0.05, 0) is 45.0 Å². The number of amides is 2. The van der Waals surface area contributed by atoms with Gasteiger partial charge in [-0.1, -0.05) is 20.8 Å². The number of hydrogen-bond acceptors (Lipinski definition) is 5. The predicted octanol–water partition coefficient (Wildman–Crippen LogP) is 3.00. The summed E-state index contributed by atoms with van der Waals surface area (Å²) >= 11 is 0. The number of carbonyl (C=O) groups is 2. The van der Waals surface area contributed by atoms with Crippen LogP contribution in [0, 0.1) is 0 Å². The van der Waals surface area contributed by atoms with Gasteiger partial charge in [0.15, 0.2) is 8.32 Å². The predicted molar refractivity (Wildman–Crippen MR) is 113 cm³/mol. The van der Waals surface area contributed by atoms with E-state index in [9.17, 15) is 14.7 Å². The van der Waals surface area contributed by atoms with Crippen LogP contribution in [0.25, 0.3) is 0 Å². The van der Waals surface area contributed by atoms with Crippen LogP contribution in [-0.4, -0.2) is 80.2 Å². The molecule has 1 aliphatic rings. The van der Waals surface area contributed by atoms with Crippen molar-refractivity contribution in [2.24, 2.45) is 0 Å². The Hall–Kier alpha value is -1.38. The van der Waals surface area contributed by atoms with Gasteiger partial charge in [0.1, 0.15) is 11.7 Å². The third kappa shape index (κ3) is 6.32. The quantitative estimate of drug-likeness (QED) is 0.716.